The standard InChI is InChI=1S/C18H28N2O5/c1-5-23-18(4,24-6-2)25-17(22)20(15(3)14-21)19-13-12-16-10-8-7-9-11-16/h7-11,14-15,19H,5-6,12-13H2,1-4H3. The molecule has 0 aromatic heterocycles. The Balaban J connectivity index is 2.69. The molecule has 1 unspecified atom stereocenters. The number of rotatable bonds is 11. The van der Waals surface area contributed by atoms with Crippen LogP contribution in [0.3, 0.4) is 0 Å². The third-order valence-corrected chi connectivity index (χ3v) is 3.43. The summed E-state index contributed by atoms with van der Waals surface area (Å²) in [5.74, 6) is -1.50. The summed E-state index contributed by atoms with van der Waals surface area (Å²) in [6.45, 7) is 7.76. The van der Waals surface area contributed by atoms with E-state index in [1.165, 1.54) is 6.92 Å². The Morgan fingerprint density at radius 3 is 2.36 bits per heavy atom. The minimum atomic E-state index is -1.50. The molecule has 0 saturated heterocycles. The molecule has 0 saturated carbocycles. The fourth-order valence-electron chi connectivity index (χ4n) is 2.23. The highest BCUT2D eigenvalue weighted by Crippen LogP contribution is 2.16. The molecule has 0 aliphatic rings. The highest BCUT2D eigenvalue weighted by atomic mass is 16.9. The van der Waals surface area contributed by atoms with Gasteiger partial charge in [0.25, 0.3) is 0 Å². The minimum Gasteiger partial charge on any atom is -0.390 e. The normalized spacial score (nSPS) is 12.5. The van der Waals surface area contributed by atoms with Crippen molar-refractivity contribution in [3.05, 3.63) is 35.9 Å². The molecular formula is C18H28N2O5. The summed E-state index contributed by atoms with van der Waals surface area (Å²) in [6, 6.07) is 9.13. The number of hydrogen-bond donors (Lipinski definition) is 1. The van der Waals surface area contributed by atoms with E-state index in [9.17, 15) is 9.59 Å². The molecule has 0 radical (unpaired) electrons. The molecule has 7 nitrogen and oxygen atoms in total. The third-order valence-electron chi connectivity index (χ3n) is 3.43. The molecule has 25 heavy (non-hydrogen) atoms. The van der Waals surface area contributed by atoms with Gasteiger partial charge in [-0.2, -0.15) is 0 Å². The topological polar surface area (TPSA) is 77.1 Å². The summed E-state index contributed by atoms with van der Waals surface area (Å²) in [5.41, 5.74) is 4.06. The Labute approximate surface area is 149 Å². The van der Waals surface area contributed by atoms with Gasteiger partial charge >= 0.3 is 12.1 Å². The maximum atomic E-state index is 12.5. The van der Waals surface area contributed by atoms with Crippen molar-refractivity contribution in [1.82, 2.24) is 10.4 Å². The number of benzene rings is 1. The monoisotopic (exact) mass is 352 g/mol. The van der Waals surface area contributed by atoms with Crippen LogP contribution in [0.2, 0.25) is 0 Å². The zero-order valence-corrected chi connectivity index (χ0v) is 15.4. The first-order valence-corrected chi connectivity index (χ1v) is 8.48. The van der Waals surface area contributed by atoms with Crippen molar-refractivity contribution in [2.75, 3.05) is 19.8 Å². The second kappa shape index (κ2) is 10.8. The molecule has 0 spiro atoms. The molecule has 1 aromatic rings. The summed E-state index contributed by atoms with van der Waals surface area (Å²) >= 11 is 0. The Bertz CT molecular complexity index is 517. The van der Waals surface area contributed by atoms with E-state index in [1.807, 2.05) is 30.3 Å². The van der Waals surface area contributed by atoms with Gasteiger partial charge in [-0.15, -0.1) is 0 Å². The van der Waals surface area contributed by atoms with Gasteiger partial charge in [0.05, 0.1) is 13.2 Å². The number of aldehydes is 1. The first-order valence-electron chi connectivity index (χ1n) is 8.48. The second-order valence-electron chi connectivity index (χ2n) is 5.49. The van der Waals surface area contributed by atoms with Gasteiger partial charge in [0.1, 0.15) is 12.3 Å². The van der Waals surface area contributed by atoms with Crippen LogP contribution in [0, 0.1) is 0 Å². The van der Waals surface area contributed by atoms with Crippen molar-refractivity contribution in [3.63, 3.8) is 0 Å². The number of ether oxygens (including phenoxy) is 3. The molecule has 7 heteroatoms. The third kappa shape index (κ3) is 7.21. The van der Waals surface area contributed by atoms with Gasteiger partial charge < -0.3 is 19.0 Å². The van der Waals surface area contributed by atoms with Crippen molar-refractivity contribution in [1.29, 1.82) is 0 Å². The van der Waals surface area contributed by atoms with E-state index in [-0.39, 0.29) is 0 Å². The maximum Gasteiger partial charge on any atom is 0.429 e. The predicted octanol–water partition coefficient (Wildman–Crippen LogP) is 2.51. The molecule has 0 aliphatic heterocycles. The molecule has 1 rings (SSSR count). The molecule has 0 fully saturated rings. The van der Waals surface area contributed by atoms with Gasteiger partial charge in [-0.05, 0) is 32.8 Å². The summed E-state index contributed by atoms with van der Waals surface area (Å²) in [4.78, 5) is 23.6. The largest absolute Gasteiger partial charge is 0.429 e. The lowest BCUT2D eigenvalue weighted by atomic mass is 10.2. The number of nitrogens with zero attached hydrogens (tertiary/aromatic N) is 1. The molecule has 1 N–H and O–H groups in total. The van der Waals surface area contributed by atoms with Gasteiger partial charge in [-0.25, -0.2) is 15.2 Å². The Morgan fingerprint density at radius 2 is 1.84 bits per heavy atom. The molecule has 1 aromatic carbocycles. The number of carbonyl (C=O) groups is 2. The average molecular weight is 352 g/mol. The van der Waals surface area contributed by atoms with E-state index in [0.717, 1.165) is 10.6 Å². The maximum absolute atomic E-state index is 12.5. The van der Waals surface area contributed by atoms with E-state index in [0.29, 0.717) is 32.5 Å². The average Bonchev–Trinajstić information content (AvgIpc) is 2.59. The number of nitrogens with one attached hydrogen (secondary N) is 1. The minimum absolute atomic E-state index is 0.314. The van der Waals surface area contributed by atoms with E-state index >= 15 is 0 Å². The van der Waals surface area contributed by atoms with Crippen LogP contribution < -0.4 is 5.43 Å². The Morgan fingerprint density at radius 1 is 1.24 bits per heavy atom. The quantitative estimate of drug-likeness (QED) is 0.375. The van der Waals surface area contributed by atoms with Crippen LogP contribution in [0.1, 0.15) is 33.3 Å². The van der Waals surface area contributed by atoms with Crippen LogP contribution in [-0.4, -0.2) is 49.2 Å². The zero-order valence-electron chi connectivity index (χ0n) is 15.4. The van der Waals surface area contributed by atoms with Crippen molar-refractivity contribution >= 4 is 12.4 Å². The lowest BCUT2D eigenvalue weighted by molar-refractivity contribution is -0.344. The fourth-order valence-corrected chi connectivity index (χ4v) is 2.23. The van der Waals surface area contributed by atoms with E-state index < -0.39 is 18.1 Å². The summed E-state index contributed by atoms with van der Waals surface area (Å²) in [7, 11) is 0. The summed E-state index contributed by atoms with van der Waals surface area (Å²) in [6.07, 6.45) is 0.622. The van der Waals surface area contributed by atoms with Crippen LogP contribution in [-0.2, 0) is 25.4 Å². The molecule has 1 atom stereocenters. The highest BCUT2D eigenvalue weighted by molar-refractivity contribution is 5.72. The molecule has 0 heterocycles. The van der Waals surface area contributed by atoms with Crippen molar-refractivity contribution in [3.8, 4) is 0 Å². The molecule has 1 amide bonds. The first-order chi connectivity index (χ1) is 12.0. The SMILES string of the molecule is CCOC(C)(OCC)OC(=O)N(NCCc1ccccc1)C(C)C=O. The van der Waals surface area contributed by atoms with Crippen LogP contribution in [0.15, 0.2) is 30.3 Å². The van der Waals surface area contributed by atoms with Crippen LogP contribution >= 0.6 is 0 Å². The predicted molar refractivity (Wildman–Crippen MR) is 93.7 cm³/mol. The van der Waals surface area contributed by atoms with Gasteiger partial charge in [0.15, 0.2) is 0 Å². The number of amides is 1. The Hall–Kier alpha value is -1.96. The van der Waals surface area contributed by atoms with Gasteiger partial charge in [-0.1, -0.05) is 30.3 Å². The number of hydrazine groups is 1. The van der Waals surface area contributed by atoms with E-state index in [4.69, 9.17) is 14.2 Å². The fraction of sp³-hybridized carbons (Fsp3) is 0.556. The molecule has 140 valence electrons. The van der Waals surface area contributed by atoms with Crippen molar-refractivity contribution in [2.45, 2.75) is 46.1 Å². The van der Waals surface area contributed by atoms with Crippen LogP contribution in [0.4, 0.5) is 4.79 Å². The molecule has 0 bridgehead atoms. The lowest BCUT2D eigenvalue weighted by Gasteiger charge is -2.32. The van der Waals surface area contributed by atoms with E-state index in [1.54, 1.807) is 20.8 Å². The molecule has 0 aliphatic carbocycles. The van der Waals surface area contributed by atoms with Gasteiger partial charge in [-0.3, -0.25) is 0 Å². The van der Waals surface area contributed by atoms with Crippen LogP contribution in [0.25, 0.3) is 0 Å². The zero-order chi connectivity index (χ0) is 18.7. The summed E-state index contributed by atoms with van der Waals surface area (Å²) < 4.78 is 16.1. The highest BCUT2D eigenvalue weighted by Gasteiger charge is 2.34. The smallest absolute Gasteiger partial charge is 0.390 e. The first kappa shape index (κ1) is 21.1. The van der Waals surface area contributed by atoms with Crippen LogP contribution in [0.5, 0.6) is 0 Å². The molecular weight excluding hydrogens is 324 g/mol. The number of carbonyl (C=O) groups excluding carboxylic acids is 2. The van der Waals surface area contributed by atoms with Crippen molar-refractivity contribution in [2.24, 2.45) is 0 Å². The second-order valence-corrected chi connectivity index (χ2v) is 5.49. The van der Waals surface area contributed by atoms with Gasteiger partial charge in [0.2, 0.25) is 0 Å². The number of hydrogen-bond acceptors (Lipinski definition) is 6. The van der Waals surface area contributed by atoms with Gasteiger partial charge in [0, 0.05) is 13.5 Å². The van der Waals surface area contributed by atoms with E-state index in [2.05, 4.69) is 5.43 Å². The Kier molecular flexibility index (Phi) is 9.12. The lowest BCUT2D eigenvalue weighted by Crippen LogP contribution is -2.53. The van der Waals surface area contributed by atoms with Crippen molar-refractivity contribution < 1.29 is 23.8 Å². The summed E-state index contributed by atoms with van der Waals surface area (Å²) in [5, 5.41) is 1.15.